The minimum atomic E-state index is -0.0635. The van der Waals surface area contributed by atoms with E-state index in [1.807, 2.05) is 6.92 Å². The molecule has 0 saturated carbocycles. The number of anilines is 1. The van der Waals surface area contributed by atoms with Crippen LogP contribution < -0.4 is 20.5 Å². The average molecular weight is 238 g/mol. The molecule has 0 aliphatic rings. The van der Waals surface area contributed by atoms with Crippen LogP contribution in [-0.2, 0) is 11.2 Å². The van der Waals surface area contributed by atoms with Crippen molar-refractivity contribution in [1.82, 2.24) is 5.32 Å². The van der Waals surface area contributed by atoms with Gasteiger partial charge in [0, 0.05) is 18.3 Å². The van der Waals surface area contributed by atoms with Gasteiger partial charge in [0.2, 0.25) is 5.91 Å². The topological polar surface area (TPSA) is 73.6 Å². The lowest BCUT2D eigenvalue weighted by atomic mass is 10.1. The summed E-state index contributed by atoms with van der Waals surface area (Å²) in [5.74, 6) is 1.07. The van der Waals surface area contributed by atoms with Gasteiger partial charge in [-0.05, 0) is 18.6 Å². The average Bonchev–Trinajstić information content (AvgIpc) is 2.31. The zero-order valence-corrected chi connectivity index (χ0v) is 10.4. The molecule has 0 heterocycles. The summed E-state index contributed by atoms with van der Waals surface area (Å²) in [5.41, 5.74) is 7.10. The van der Waals surface area contributed by atoms with Crippen LogP contribution in [0.25, 0.3) is 0 Å². The van der Waals surface area contributed by atoms with Crippen molar-refractivity contribution in [2.75, 3.05) is 26.5 Å². The highest BCUT2D eigenvalue weighted by Gasteiger charge is 2.11. The normalized spacial score (nSPS) is 9.82. The van der Waals surface area contributed by atoms with Crippen molar-refractivity contribution in [2.24, 2.45) is 0 Å². The maximum absolute atomic E-state index is 11.5. The number of benzene rings is 1. The molecule has 0 aliphatic heterocycles. The molecule has 5 nitrogen and oxygen atoms in total. The molecular weight excluding hydrogens is 220 g/mol. The van der Waals surface area contributed by atoms with Crippen molar-refractivity contribution in [3.63, 3.8) is 0 Å². The summed E-state index contributed by atoms with van der Waals surface area (Å²) < 4.78 is 10.3. The lowest BCUT2D eigenvalue weighted by Gasteiger charge is -2.12. The summed E-state index contributed by atoms with van der Waals surface area (Å²) >= 11 is 0. The first-order chi connectivity index (χ1) is 8.12. The van der Waals surface area contributed by atoms with Crippen LogP contribution >= 0.6 is 0 Å². The van der Waals surface area contributed by atoms with Crippen molar-refractivity contribution >= 4 is 11.6 Å². The van der Waals surface area contributed by atoms with Gasteiger partial charge < -0.3 is 20.5 Å². The Balaban J connectivity index is 2.96. The number of rotatable bonds is 5. The first-order valence-electron chi connectivity index (χ1n) is 5.39. The first-order valence-corrected chi connectivity index (χ1v) is 5.39. The van der Waals surface area contributed by atoms with Crippen molar-refractivity contribution in [2.45, 2.75) is 13.3 Å². The van der Waals surface area contributed by atoms with Crippen molar-refractivity contribution < 1.29 is 14.3 Å². The molecule has 0 fully saturated rings. The SMILES string of the molecule is CCNC(=O)Cc1cc(OC)c(OC)cc1N. The van der Waals surface area contributed by atoms with Crippen LogP contribution in [0.3, 0.4) is 0 Å². The molecule has 1 amide bonds. The van der Waals surface area contributed by atoms with Gasteiger partial charge in [0.05, 0.1) is 20.6 Å². The van der Waals surface area contributed by atoms with Gasteiger partial charge in [-0.2, -0.15) is 0 Å². The van der Waals surface area contributed by atoms with E-state index in [9.17, 15) is 4.79 Å². The van der Waals surface area contributed by atoms with Crippen LogP contribution in [-0.4, -0.2) is 26.7 Å². The number of hydrogen-bond donors (Lipinski definition) is 2. The van der Waals surface area contributed by atoms with E-state index in [0.717, 1.165) is 5.56 Å². The van der Waals surface area contributed by atoms with Crippen LogP contribution in [0.2, 0.25) is 0 Å². The Labute approximate surface area is 101 Å². The number of nitrogens with two attached hydrogens (primary N) is 1. The maximum atomic E-state index is 11.5. The highest BCUT2D eigenvalue weighted by molar-refractivity contribution is 5.80. The van der Waals surface area contributed by atoms with Gasteiger partial charge in [-0.1, -0.05) is 0 Å². The van der Waals surface area contributed by atoms with Gasteiger partial charge in [-0.15, -0.1) is 0 Å². The summed E-state index contributed by atoms with van der Waals surface area (Å²) in [5, 5.41) is 2.72. The van der Waals surface area contributed by atoms with Crippen LogP contribution in [0.5, 0.6) is 11.5 Å². The van der Waals surface area contributed by atoms with E-state index in [-0.39, 0.29) is 12.3 Å². The van der Waals surface area contributed by atoms with Crippen molar-refractivity contribution in [3.8, 4) is 11.5 Å². The van der Waals surface area contributed by atoms with Crippen LogP contribution in [0.15, 0.2) is 12.1 Å². The van der Waals surface area contributed by atoms with E-state index in [1.54, 1.807) is 26.4 Å². The summed E-state index contributed by atoms with van der Waals surface area (Å²) in [6.07, 6.45) is 0.236. The molecule has 3 N–H and O–H groups in total. The quantitative estimate of drug-likeness (QED) is 0.749. The number of carbonyl (C=O) groups excluding carboxylic acids is 1. The maximum Gasteiger partial charge on any atom is 0.224 e. The number of methoxy groups -OCH3 is 2. The minimum Gasteiger partial charge on any atom is -0.493 e. The number of nitrogens with one attached hydrogen (secondary N) is 1. The summed E-state index contributed by atoms with van der Waals surface area (Å²) in [7, 11) is 3.09. The zero-order chi connectivity index (χ0) is 12.8. The number of carbonyl (C=O) groups is 1. The Hall–Kier alpha value is -1.91. The fourth-order valence-corrected chi connectivity index (χ4v) is 1.52. The Morgan fingerprint density at radius 3 is 2.41 bits per heavy atom. The zero-order valence-electron chi connectivity index (χ0n) is 10.4. The van der Waals surface area contributed by atoms with Crippen molar-refractivity contribution in [3.05, 3.63) is 17.7 Å². The third-order valence-corrected chi connectivity index (χ3v) is 2.37. The summed E-state index contributed by atoms with van der Waals surface area (Å²) in [6, 6.07) is 3.39. The molecule has 0 bridgehead atoms. The number of ether oxygens (including phenoxy) is 2. The van der Waals surface area contributed by atoms with E-state index in [0.29, 0.717) is 23.7 Å². The largest absolute Gasteiger partial charge is 0.493 e. The van der Waals surface area contributed by atoms with E-state index >= 15 is 0 Å². The highest BCUT2D eigenvalue weighted by Crippen LogP contribution is 2.31. The predicted molar refractivity (Wildman–Crippen MR) is 66.3 cm³/mol. The van der Waals surface area contributed by atoms with Crippen molar-refractivity contribution in [1.29, 1.82) is 0 Å². The van der Waals surface area contributed by atoms with Crippen LogP contribution in [0, 0.1) is 0 Å². The van der Waals surface area contributed by atoms with E-state index in [1.165, 1.54) is 0 Å². The fraction of sp³-hybridized carbons (Fsp3) is 0.417. The van der Waals surface area contributed by atoms with Gasteiger partial charge in [0.25, 0.3) is 0 Å². The highest BCUT2D eigenvalue weighted by atomic mass is 16.5. The minimum absolute atomic E-state index is 0.0635. The molecule has 17 heavy (non-hydrogen) atoms. The molecule has 5 heteroatoms. The number of hydrogen-bond acceptors (Lipinski definition) is 4. The Morgan fingerprint density at radius 1 is 1.29 bits per heavy atom. The first kappa shape index (κ1) is 13.2. The Bertz CT molecular complexity index is 405. The molecule has 1 aromatic carbocycles. The second kappa shape index (κ2) is 5.98. The van der Waals surface area contributed by atoms with Crippen LogP contribution in [0.4, 0.5) is 5.69 Å². The van der Waals surface area contributed by atoms with Crippen LogP contribution in [0.1, 0.15) is 12.5 Å². The number of nitrogen functional groups attached to an aromatic ring is 1. The van der Waals surface area contributed by atoms with Gasteiger partial charge in [-0.3, -0.25) is 4.79 Å². The second-order valence-corrected chi connectivity index (χ2v) is 3.54. The van der Waals surface area contributed by atoms with E-state index in [2.05, 4.69) is 5.32 Å². The molecule has 94 valence electrons. The number of likely N-dealkylation sites (N-methyl/N-ethyl adjacent to an activating group) is 1. The number of amides is 1. The molecule has 0 saturated heterocycles. The molecule has 0 unspecified atom stereocenters. The lowest BCUT2D eigenvalue weighted by molar-refractivity contribution is -0.120. The third kappa shape index (κ3) is 3.27. The second-order valence-electron chi connectivity index (χ2n) is 3.54. The smallest absolute Gasteiger partial charge is 0.224 e. The van der Waals surface area contributed by atoms with Gasteiger partial charge in [-0.25, -0.2) is 0 Å². The summed E-state index contributed by atoms with van der Waals surface area (Å²) in [4.78, 5) is 11.5. The molecule has 0 aromatic heterocycles. The molecule has 0 radical (unpaired) electrons. The summed E-state index contributed by atoms with van der Waals surface area (Å²) in [6.45, 7) is 2.47. The molecule has 1 aromatic rings. The van der Waals surface area contributed by atoms with Gasteiger partial charge in [0.15, 0.2) is 11.5 Å². The fourth-order valence-electron chi connectivity index (χ4n) is 1.52. The third-order valence-electron chi connectivity index (χ3n) is 2.37. The van der Waals surface area contributed by atoms with Gasteiger partial charge >= 0.3 is 0 Å². The molecule has 0 spiro atoms. The molecule has 1 rings (SSSR count). The molecule has 0 atom stereocenters. The standard InChI is InChI=1S/C12H18N2O3/c1-4-14-12(15)6-8-5-10(16-2)11(17-3)7-9(8)13/h5,7H,4,6,13H2,1-3H3,(H,14,15). The molecular formula is C12H18N2O3. The monoisotopic (exact) mass is 238 g/mol. The van der Waals surface area contributed by atoms with E-state index in [4.69, 9.17) is 15.2 Å². The predicted octanol–water partition coefficient (Wildman–Crippen LogP) is 0.965. The van der Waals surface area contributed by atoms with E-state index < -0.39 is 0 Å². The van der Waals surface area contributed by atoms with Gasteiger partial charge in [0.1, 0.15) is 0 Å². The Kier molecular flexibility index (Phi) is 4.63. The molecule has 0 aliphatic carbocycles. The lowest BCUT2D eigenvalue weighted by Crippen LogP contribution is -2.24. The Morgan fingerprint density at radius 2 is 1.88 bits per heavy atom.